The molecular formula is C29H33ClN2O5. The topological polar surface area (TPSA) is 96.9 Å². The summed E-state index contributed by atoms with van der Waals surface area (Å²) in [5.41, 5.74) is 1.41. The Morgan fingerprint density at radius 2 is 1.57 bits per heavy atom. The monoisotopic (exact) mass is 524 g/mol. The molecule has 0 saturated heterocycles. The third-order valence-electron chi connectivity index (χ3n) is 5.50. The molecule has 2 amide bonds. The Morgan fingerprint density at radius 3 is 2.16 bits per heavy atom. The summed E-state index contributed by atoms with van der Waals surface area (Å²) >= 11 is 6.28. The number of benzene rings is 3. The van der Waals surface area contributed by atoms with Gasteiger partial charge in [0.05, 0.1) is 13.2 Å². The van der Waals surface area contributed by atoms with Gasteiger partial charge in [-0.15, -0.1) is 0 Å². The predicted molar refractivity (Wildman–Crippen MR) is 146 cm³/mol. The van der Waals surface area contributed by atoms with Crippen LogP contribution < -0.4 is 15.4 Å². The molecule has 3 N–H and O–H groups in total. The number of anilines is 1. The Bertz CT molecular complexity index is 1210. The molecule has 37 heavy (non-hydrogen) atoms. The zero-order valence-electron chi connectivity index (χ0n) is 21.5. The van der Waals surface area contributed by atoms with Crippen LogP contribution in [0.2, 0.25) is 5.02 Å². The molecule has 0 aliphatic carbocycles. The molecule has 8 heteroatoms. The Labute approximate surface area is 222 Å². The first-order chi connectivity index (χ1) is 17.5. The molecule has 0 fully saturated rings. The number of aliphatic hydroxyl groups excluding tert-OH is 1. The van der Waals surface area contributed by atoms with Gasteiger partial charge >= 0.3 is 6.09 Å². The van der Waals surface area contributed by atoms with Crippen molar-refractivity contribution in [3.8, 4) is 16.9 Å². The summed E-state index contributed by atoms with van der Waals surface area (Å²) in [5, 5.41) is 15.6. The van der Waals surface area contributed by atoms with Crippen molar-refractivity contribution in [1.82, 2.24) is 5.32 Å². The fraction of sp³-hybridized carbons (Fsp3) is 0.310. The maximum absolute atomic E-state index is 12.7. The Balaban J connectivity index is 1.50. The van der Waals surface area contributed by atoms with Crippen molar-refractivity contribution in [2.75, 3.05) is 18.5 Å². The summed E-state index contributed by atoms with van der Waals surface area (Å²) in [4.78, 5) is 24.8. The lowest BCUT2D eigenvalue weighted by Crippen LogP contribution is -2.58. The number of hydrogen-bond acceptors (Lipinski definition) is 5. The van der Waals surface area contributed by atoms with Crippen LogP contribution in [-0.4, -0.2) is 41.5 Å². The number of amides is 2. The number of carbonyl (C=O) groups is 2. The van der Waals surface area contributed by atoms with Crippen molar-refractivity contribution in [2.45, 2.75) is 45.3 Å². The van der Waals surface area contributed by atoms with Crippen molar-refractivity contribution in [2.24, 2.45) is 0 Å². The highest BCUT2D eigenvalue weighted by Gasteiger charge is 2.36. The summed E-state index contributed by atoms with van der Waals surface area (Å²) in [5.74, 6) is 0.0808. The van der Waals surface area contributed by atoms with Crippen molar-refractivity contribution >= 4 is 29.3 Å². The Kier molecular flexibility index (Phi) is 9.18. The second-order valence-corrected chi connectivity index (χ2v) is 10.3. The number of carbonyl (C=O) groups excluding carboxylic acids is 2. The van der Waals surface area contributed by atoms with Crippen molar-refractivity contribution in [3.63, 3.8) is 0 Å². The van der Waals surface area contributed by atoms with E-state index in [0.717, 1.165) is 28.1 Å². The van der Waals surface area contributed by atoms with E-state index in [1.165, 1.54) is 6.92 Å². The third kappa shape index (κ3) is 8.23. The van der Waals surface area contributed by atoms with Crippen LogP contribution in [0.5, 0.6) is 5.75 Å². The number of aliphatic hydroxyl groups is 1. The molecule has 0 saturated carbocycles. The van der Waals surface area contributed by atoms with Gasteiger partial charge in [-0.05, 0) is 69.2 Å². The molecule has 196 valence electrons. The van der Waals surface area contributed by atoms with E-state index in [4.69, 9.17) is 21.1 Å². The molecule has 0 spiro atoms. The van der Waals surface area contributed by atoms with Crippen molar-refractivity contribution < 1.29 is 24.2 Å². The van der Waals surface area contributed by atoms with Gasteiger partial charge in [0.25, 0.3) is 5.91 Å². The van der Waals surface area contributed by atoms with E-state index >= 15 is 0 Å². The van der Waals surface area contributed by atoms with Gasteiger partial charge in [0.1, 0.15) is 16.9 Å². The maximum Gasteiger partial charge on any atom is 0.408 e. The molecule has 0 heterocycles. The van der Waals surface area contributed by atoms with Gasteiger partial charge in [-0.25, -0.2) is 4.79 Å². The fourth-order valence-electron chi connectivity index (χ4n) is 3.43. The second kappa shape index (κ2) is 12.1. The highest BCUT2D eigenvalue weighted by molar-refractivity contribution is 6.33. The minimum absolute atomic E-state index is 0.486. The smallest absolute Gasteiger partial charge is 0.408 e. The van der Waals surface area contributed by atoms with Gasteiger partial charge in [0.2, 0.25) is 0 Å². The van der Waals surface area contributed by atoms with Gasteiger partial charge in [0.15, 0.2) is 0 Å². The first-order valence-corrected chi connectivity index (χ1v) is 12.4. The second-order valence-electron chi connectivity index (χ2n) is 9.87. The minimum Gasteiger partial charge on any atom is -0.493 e. The number of halogens is 1. The molecule has 3 aromatic carbocycles. The van der Waals surface area contributed by atoms with E-state index in [1.807, 2.05) is 36.4 Å². The number of ether oxygens (including phenoxy) is 2. The van der Waals surface area contributed by atoms with Crippen LogP contribution in [0.25, 0.3) is 11.1 Å². The lowest BCUT2D eigenvalue weighted by Gasteiger charge is -2.29. The highest BCUT2D eigenvalue weighted by Crippen LogP contribution is 2.27. The van der Waals surface area contributed by atoms with E-state index in [0.29, 0.717) is 18.0 Å². The maximum atomic E-state index is 12.7. The molecule has 1 atom stereocenters. The summed E-state index contributed by atoms with van der Waals surface area (Å²) in [6, 6.07) is 22.8. The Hall–Kier alpha value is -3.55. The van der Waals surface area contributed by atoms with Crippen molar-refractivity contribution in [3.05, 3.63) is 83.4 Å². The third-order valence-corrected chi connectivity index (χ3v) is 5.83. The lowest BCUT2D eigenvalue weighted by molar-refractivity contribution is -0.123. The normalized spacial score (nSPS) is 12.8. The van der Waals surface area contributed by atoms with Gasteiger partial charge in [-0.1, -0.05) is 54.1 Å². The van der Waals surface area contributed by atoms with Crippen molar-refractivity contribution in [1.29, 1.82) is 0 Å². The molecule has 0 bridgehead atoms. The quantitative estimate of drug-likeness (QED) is 0.326. The number of hydrogen-bond donors (Lipinski definition) is 3. The average Bonchev–Trinajstić information content (AvgIpc) is 2.84. The van der Waals surface area contributed by atoms with Crippen LogP contribution >= 0.6 is 11.6 Å². The number of rotatable bonds is 9. The predicted octanol–water partition coefficient (Wildman–Crippen LogP) is 5.84. The molecule has 0 radical (unpaired) electrons. The lowest BCUT2D eigenvalue weighted by atomic mass is 10.0. The average molecular weight is 525 g/mol. The molecule has 7 nitrogen and oxygen atoms in total. The summed E-state index contributed by atoms with van der Waals surface area (Å²) in [7, 11) is 0. The van der Waals surface area contributed by atoms with Crippen LogP contribution in [0, 0.1) is 0 Å². The van der Waals surface area contributed by atoms with E-state index in [9.17, 15) is 14.7 Å². The minimum atomic E-state index is -1.56. The Morgan fingerprint density at radius 1 is 0.919 bits per heavy atom. The van der Waals surface area contributed by atoms with Crippen LogP contribution in [0.15, 0.2) is 72.8 Å². The van der Waals surface area contributed by atoms with Gasteiger partial charge in [-0.2, -0.15) is 0 Å². The zero-order valence-corrected chi connectivity index (χ0v) is 22.3. The largest absolute Gasteiger partial charge is 0.493 e. The molecule has 0 aliphatic rings. The molecule has 3 aromatic rings. The molecule has 0 aliphatic heterocycles. The molecule has 0 aromatic heterocycles. The van der Waals surface area contributed by atoms with Gasteiger partial charge < -0.3 is 25.2 Å². The summed E-state index contributed by atoms with van der Waals surface area (Å²) in [6.45, 7) is 6.45. The SMILES string of the molecule is CC(C)(C)OC(=O)N[C@@](C)(CO)C(=O)Nc1ccc(OCCc2ccc(-c3ccccc3Cl)cc2)cc1. The van der Waals surface area contributed by atoms with E-state index in [1.54, 1.807) is 45.0 Å². The van der Waals surface area contributed by atoms with Crippen LogP contribution in [0.1, 0.15) is 33.3 Å². The molecule has 0 unspecified atom stereocenters. The molecule has 3 rings (SSSR count). The fourth-order valence-corrected chi connectivity index (χ4v) is 3.68. The van der Waals surface area contributed by atoms with Crippen LogP contribution in [0.3, 0.4) is 0 Å². The number of alkyl carbamates (subject to hydrolysis) is 1. The first-order valence-electron chi connectivity index (χ1n) is 12.0. The van der Waals surface area contributed by atoms with Gasteiger partial charge in [-0.3, -0.25) is 4.79 Å². The van der Waals surface area contributed by atoms with E-state index < -0.39 is 29.7 Å². The van der Waals surface area contributed by atoms with Crippen LogP contribution in [0.4, 0.5) is 10.5 Å². The van der Waals surface area contributed by atoms with E-state index in [-0.39, 0.29) is 0 Å². The zero-order chi connectivity index (χ0) is 27.1. The first kappa shape index (κ1) is 28.0. The van der Waals surface area contributed by atoms with Crippen LogP contribution in [-0.2, 0) is 16.0 Å². The summed E-state index contributed by atoms with van der Waals surface area (Å²) in [6.07, 6.45) is -0.0617. The number of nitrogens with one attached hydrogen (secondary N) is 2. The highest BCUT2D eigenvalue weighted by atomic mass is 35.5. The standard InChI is InChI=1S/C29H33ClN2O5/c1-28(2,3)37-27(35)32-29(4,19-33)26(34)31-22-13-15-23(16-14-22)36-18-17-20-9-11-21(12-10-20)24-7-5-6-8-25(24)30/h5-16,33H,17-19H2,1-4H3,(H,31,34)(H,32,35)/t29-/m0/s1. The molecular weight excluding hydrogens is 492 g/mol. The van der Waals surface area contributed by atoms with E-state index in [2.05, 4.69) is 22.8 Å². The summed E-state index contributed by atoms with van der Waals surface area (Å²) < 4.78 is 11.0. The van der Waals surface area contributed by atoms with Gasteiger partial charge in [0, 0.05) is 22.7 Å².